The Morgan fingerprint density at radius 3 is 2.25 bits per heavy atom. The minimum atomic E-state index is -0.421. The van der Waals surface area contributed by atoms with Crippen molar-refractivity contribution in [3.63, 3.8) is 0 Å². The molecule has 8 heavy (non-hydrogen) atoms. The fourth-order valence-electron chi connectivity index (χ4n) is 0.410. The summed E-state index contributed by atoms with van der Waals surface area (Å²) in [6.07, 6.45) is 1.63. The molecule has 0 aliphatic rings. The Balaban J connectivity index is 3.92. The molecule has 1 amide bonds. The Kier molecular flexibility index (Phi) is 2.69. The Bertz CT molecular complexity index is 118. The van der Waals surface area contributed by atoms with E-state index in [0.29, 0.717) is 5.70 Å². The third kappa shape index (κ3) is 1.64. The number of likely N-dealkylation sites (N-methyl/N-ethyl adjacent to an activating group) is 1. The highest BCUT2D eigenvalue weighted by atomic mass is 16.1. The zero-order valence-electron chi connectivity index (χ0n) is 5.06. The first-order valence-electron chi connectivity index (χ1n) is 2.36. The van der Waals surface area contributed by atoms with E-state index in [1.807, 2.05) is 0 Å². The van der Waals surface area contributed by atoms with Crippen LogP contribution >= 0.6 is 0 Å². The lowest BCUT2D eigenvalue weighted by Gasteiger charge is -1.96. The molecule has 0 aromatic rings. The molecule has 0 radical (unpaired) electrons. The highest BCUT2D eigenvalue weighted by Gasteiger charge is 1.95. The van der Waals surface area contributed by atoms with Crippen LogP contribution in [-0.4, -0.2) is 13.0 Å². The van der Waals surface area contributed by atoms with Gasteiger partial charge in [-0.25, -0.2) is 0 Å². The van der Waals surface area contributed by atoms with Gasteiger partial charge in [0, 0.05) is 7.05 Å². The largest absolute Gasteiger partial charge is 0.384 e. The maximum atomic E-state index is 10.3. The van der Waals surface area contributed by atoms with Gasteiger partial charge in [0.25, 0.3) is 5.91 Å². The fraction of sp³-hybridized carbons (Fsp3) is 0.400. The second kappa shape index (κ2) is 3.07. The zero-order chi connectivity index (χ0) is 6.57. The molecule has 46 valence electrons. The number of nitrogens with two attached hydrogens (primary N) is 1. The summed E-state index contributed by atoms with van der Waals surface area (Å²) >= 11 is 0. The molecule has 3 N–H and O–H groups in total. The molecule has 0 unspecified atom stereocenters. The molecule has 0 bridgehead atoms. The van der Waals surface area contributed by atoms with E-state index in [0.717, 1.165) is 0 Å². The molecule has 0 aromatic heterocycles. The quantitative estimate of drug-likeness (QED) is 0.480. The Labute approximate surface area is 48.6 Å². The Morgan fingerprint density at radius 2 is 2.25 bits per heavy atom. The van der Waals surface area contributed by atoms with Crippen molar-refractivity contribution in [2.75, 3.05) is 7.05 Å². The minimum absolute atomic E-state index is 0.421. The van der Waals surface area contributed by atoms with Gasteiger partial charge >= 0.3 is 0 Å². The van der Waals surface area contributed by atoms with Gasteiger partial charge in [0.1, 0.15) is 0 Å². The topological polar surface area (TPSA) is 55.1 Å². The average Bonchev–Trinajstić information content (AvgIpc) is 1.69. The van der Waals surface area contributed by atoms with Crippen LogP contribution in [0.25, 0.3) is 0 Å². The molecule has 0 spiro atoms. The molecular weight excluding hydrogens is 104 g/mol. The van der Waals surface area contributed by atoms with Crippen LogP contribution in [0.2, 0.25) is 0 Å². The SMILES string of the molecule is CC=C(NC)C(N)=O. The smallest absolute Gasteiger partial charge is 0.264 e. The number of nitrogens with one attached hydrogen (secondary N) is 1. The van der Waals surface area contributed by atoms with Crippen LogP contribution in [0.3, 0.4) is 0 Å². The summed E-state index contributed by atoms with van der Waals surface area (Å²) in [6, 6.07) is 0. The maximum absolute atomic E-state index is 10.3. The second-order valence-electron chi connectivity index (χ2n) is 1.32. The molecule has 0 aliphatic carbocycles. The van der Waals surface area contributed by atoms with Crippen LogP contribution in [-0.2, 0) is 4.79 Å². The minimum Gasteiger partial charge on any atom is -0.384 e. The van der Waals surface area contributed by atoms with Crippen LogP contribution in [0.4, 0.5) is 0 Å². The predicted octanol–water partition coefficient (Wildman–Crippen LogP) is -0.405. The molecule has 0 saturated carbocycles. The van der Waals surface area contributed by atoms with Crippen LogP contribution in [0.15, 0.2) is 11.8 Å². The standard InChI is InChI=1S/C5H10N2O/c1-3-4(7-2)5(6)8/h3,7H,1-2H3,(H2,6,8). The van der Waals surface area contributed by atoms with E-state index in [2.05, 4.69) is 5.32 Å². The summed E-state index contributed by atoms with van der Waals surface area (Å²) in [5.41, 5.74) is 5.34. The number of carbonyl (C=O) groups excluding carboxylic acids is 1. The lowest BCUT2D eigenvalue weighted by Crippen LogP contribution is -2.22. The zero-order valence-corrected chi connectivity index (χ0v) is 5.06. The van der Waals surface area contributed by atoms with E-state index in [-0.39, 0.29) is 0 Å². The van der Waals surface area contributed by atoms with Gasteiger partial charge in [-0.2, -0.15) is 0 Å². The first kappa shape index (κ1) is 7.01. The fourth-order valence-corrected chi connectivity index (χ4v) is 0.410. The summed E-state index contributed by atoms with van der Waals surface area (Å²) in [7, 11) is 1.65. The summed E-state index contributed by atoms with van der Waals surface area (Å²) in [5, 5.41) is 2.64. The van der Waals surface area contributed by atoms with Crippen LogP contribution in [0.1, 0.15) is 6.92 Å². The van der Waals surface area contributed by atoms with Crippen molar-refractivity contribution in [2.24, 2.45) is 5.73 Å². The highest BCUT2D eigenvalue weighted by Crippen LogP contribution is 1.81. The monoisotopic (exact) mass is 114 g/mol. The molecule has 0 rings (SSSR count). The van der Waals surface area contributed by atoms with Gasteiger partial charge in [-0.3, -0.25) is 4.79 Å². The van der Waals surface area contributed by atoms with Crippen molar-refractivity contribution < 1.29 is 4.79 Å². The molecular formula is C5H10N2O. The van der Waals surface area contributed by atoms with Crippen molar-refractivity contribution >= 4 is 5.91 Å². The van der Waals surface area contributed by atoms with Crippen LogP contribution in [0, 0.1) is 0 Å². The van der Waals surface area contributed by atoms with Gasteiger partial charge in [0.05, 0.1) is 5.70 Å². The van der Waals surface area contributed by atoms with Crippen molar-refractivity contribution in [1.29, 1.82) is 0 Å². The molecule has 0 atom stereocenters. The third-order valence-corrected chi connectivity index (χ3v) is 0.823. The van der Waals surface area contributed by atoms with Gasteiger partial charge in [0.2, 0.25) is 0 Å². The van der Waals surface area contributed by atoms with E-state index < -0.39 is 5.91 Å². The van der Waals surface area contributed by atoms with Gasteiger partial charge in [-0.1, -0.05) is 6.08 Å². The third-order valence-electron chi connectivity index (χ3n) is 0.823. The van der Waals surface area contributed by atoms with Gasteiger partial charge in [-0.15, -0.1) is 0 Å². The van der Waals surface area contributed by atoms with Crippen molar-refractivity contribution in [3.05, 3.63) is 11.8 Å². The maximum Gasteiger partial charge on any atom is 0.264 e. The van der Waals surface area contributed by atoms with E-state index in [4.69, 9.17) is 5.73 Å². The highest BCUT2D eigenvalue weighted by molar-refractivity contribution is 5.91. The number of hydrogen-bond donors (Lipinski definition) is 2. The summed E-state index contributed by atoms with van der Waals surface area (Å²) in [4.78, 5) is 10.3. The molecule has 0 fully saturated rings. The molecule has 0 saturated heterocycles. The summed E-state index contributed by atoms with van der Waals surface area (Å²) < 4.78 is 0. The lowest BCUT2D eigenvalue weighted by atomic mass is 10.4. The molecule has 3 nitrogen and oxygen atoms in total. The van der Waals surface area contributed by atoms with E-state index >= 15 is 0 Å². The van der Waals surface area contributed by atoms with Crippen molar-refractivity contribution in [2.45, 2.75) is 6.92 Å². The number of rotatable bonds is 2. The molecule has 0 heterocycles. The number of carbonyl (C=O) groups is 1. The van der Waals surface area contributed by atoms with E-state index in [9.17, 15) is 4.79 Å². The lowest BCUT2D eigenvalue weighted by molar-refractivity contribution is -0.114. The van der Waals surface area contributed by atoms with Gasteiger partial charge in [0.15, 0.2) is 0 Å². The van der Waals surface area contributed by atoms with Crippen molar-refractivity contribution in [1.82, 2.24) is 5.32 Å². The number of primary amides is 1. The van der Waals surface area contributed by atoms with Gasteiger partial charge in [-0.05, 0) is 6.92 Å². The van der Waals surface area contributed by atoms with Gasteiger partial charge < -0.3 is 11.1 Å². The molecule has 3 heteroatoms. The van der Waals surface area contributed by atoms with E-state index in [1.54, 1.807) is 20.0 Å². The number of amides is 1. The summed E-state index contributed by atoms with van der Waals surface area (Å²) in [6.45, 7) is 1.75. The first-order chi connectivity index (χ1) is 3.72. The normalized spacial score (nSPS) is 11.0. The first-order valence-corrected chi connectivity index (χ1v) is 2.36. The Hall–Kier alpha value is -0.990. The number of hydrogen-bond acceptors (Lipinski definition) is 2. The Morgan fingerprint density at radius 1 is 1.75 bits per heavy atom. The number of allylic oxidation sites excluding steroid dienone is 1. The summed E-state index contributed by atoms with van der Waals surface area (Å²) in [5.74, 6) is -0.421. The second-order valence-corrected chi connectivity index (χ2v) is 1.32. The van der Waals surface area contributed by atoms with Crippen LogP contribution in [0.5, 0.6) is 0 Å². The predicted molar refractivity (Wildman–Crippen MR) is 32.0 cm³/mol. The molecule has 0 aliphatic heterocycles. The van der Waals surface area contributed by atoms with E-state index in [1.165, 1.54) is 0 Å². The van der Waals surface area contributed by atoms with Crippen LogP contribution < -0.4 is 11.1 Å². The molecule has 0 aromatic carbocycles. The average molecular weight is 114 g/mol. The van der Waals surface area contributed by atoms with Crippen molar-refractivity contribution in [3.8, 4) is 0 Å².